The van der Waals surface area contributed by atoms with Gasteiger partial charge < -0.3 is 30.1 Å². The lowest BCUT2D eigenvalue weighted by Crippen LogP contribution is -2.35. The van der Waals surface area contributed by atoms with Gasteiger partial charge in [-0.05, 0) is 29.3 Å². The number of nitrogens with one attached hydrogen (secondary N) is 1. The Morgan fingerprint density at radius 1 is 1.19 bits per heavy atom. The third-order valence-electron chi connectivity index (χ3n) is 6.41. The number of carbonyl (C=O) groups is 1. The van der Waals surface area contributed by atoms with Gasteiger partial charge in [-0.1, -0.05) is 0 Å². The molecule has 6 atom stereocenters. The molecule has 6 heterocycles. The lowest BCUT2D eigenvalue weighted by atomic mass is 9.92. The van der Waals surface area contributed by atoms with Gasteiger partial charge in [0.05, 0.1) is 25.2 Å². The first-order chi connectivity index (χ1) is 17.5. The van der Waals surface area contributed by atoms with E-state index < -0.39 is 36.0 Å². The summed E-state index contributed by atoms with van der Waals surface area (Å²) in [6.07, 6.45) is 0.782. The lowest BCUT2D eigenvalue weighted by Gasteiger charge is -2.22. The molecule has 0 radical (unpaired) electrons. The number of aliphatic hydroxyl groups is 2. The Morgan fingerprint density at radius 3 is 2.69 bits per heavy atom. The Bertz CT molecular complexity index is 1340. The fourth-order valence-electron chi connectivity index (χ4n) is 4.51. The minimum Gasteiger partial charge on any atom is -0.479 e. The Labute approximate surface area is 202 Å². The first kappa shape index (κ1) is 22.5. The SMILES string of the molecule is O=C(O)[C@H]1O[C@@H](n2cnc3c(N[C@@H]4CCOC4)nc(C4(c5ccncc5)C=NN=N4)nc32)[C@@H](O)[C@H]1O. The predicted molar refractivity (Wildman–Crippen MR) is 120 cm³/mol. The number of hydrogen-bond acceptors (Lipinski definition) is 13. The highest BCUT2D eigenvalue weighted by Gasteiger charge is 2.48. The zero-order chi connectivity index (χ0) is 24.9. The van der Waals surface area contributed by atoms with Crippen molar-refractivity contribution in [1.82, 2.24) is 24.5 Å². The largest absolute Gasteiger partial charge is 0.479 e. The summed E-state index contributed by atoms with van der Waals surface area (Å²) in [6.45, 7) is 1.08. The molecule has 2 saturated heterocycles. The molecule has 0 bridgehead atoms. The van der Waals surface area contributed by atoms with E-state index in [9.17, 15) is 20.1 Å². The smallest absolute Gasteiger partial charge is 0.335 e. The third-order valence-corrected chi connectivity index (χ3v) is 6.41. The molecular formula is C21H21N9O6. The van der Waals surface area contributed by atoms with Crippen LogP contribution in [0.25, 0.3) is 11.2 Å². The fourth-order valence-corrected chi connectivity index (χ4v) is 4.51. The second-order valence-electron chi connectivity index (χ2n) is 8.63. The molecule has 0 aromatic carbocycles. The molecule has 15 nitrogen and oxygen atoms in total. The zero-order valence-electron chi connectivity index (χ0n) is 18.6. The maximum atomic E-state index is 11.5. The molecule has 186 valence electrons. The summed E-state index contributed by atoms with van der Waals surface area (Å²) in [6, 6.07) is 3.47. The summed E-state index contributed by atoms with van der Waals surface area (Å²) in [7, 11) is 0. The van der Waals surface area contributed by atoms with Crippen LogP contribution in [0.2, 0.25) is 0 Å². The molecule has 0 aliphatic carbocycles. The second-order valence-corrected chi connectivity index (χ2v) is 8.63. The molecule has 3 aliphatic rings. The maximum Gasteiger partial charge on any atom is 0.335 e. The number of hydrogen-bond donors (Lipinski definition) is 4. The van der Waals surface area contributed by atoms with Crippen LogP contribution in [0.4, 0.5) is 5.82 Å². The van der Waals surface area contributed by atoms with Crippen LogP contribution >= 0.6 is 0 Å². The monoisotopic (exact) mass is 495 g/mol. The van der Waals surface area contributed by atoms with Gasteiger partial charge >= 0.3 is 5.97 Å². The van der Waals surface area contributed by atoms with Gasteiger partial charge in [-0.3, -0.25) is 9.55 Å². The minimum absolute atomic E-state index is 0.0246. The molecule has 3 aromatic heterocycles. The van der Waals surface area contributed by atoms with Crippen LogP contribution in [0.15, 0.2) is 46.3 Å². The molecule has 3 aromatic rings. The highest BCUT2D eigenvalue weighted by Crippen LogP contribution is 2.37. The average Bonchev–Trinajstić information content (AvgIpc) is 3.68. The van der Waals surface area contributed by atoms with Crippen LogP contribution in [-0.2, 0) is 19.8 Å². The number of aliphatic hydroxyl groups excluding tert-OH is 2. The second kappa shape index (κ2) is 8.63. The lowest BCUT2D eigenvalue weighted by molar-refractivity contribution is -0.155. The van der Waals surface area contributed by atoms with E-state index in [4.69, 9.17) is 19.4 Å². The van der Waals surface area contributed by atoms with Crippen molar-refractivity contribution in [3.8, 4) is 0 Å². The van der Waals surface area contributed by atoms with Crippen molar-refractivity contribution >= 4 is 29.2 Å². The van der Waals surface area contributed by atoms with Gasteiger partial charge in [-0.15, -0.1) is 10.2 Å². The van der Waals surface area contributed by atoms with E-state index in [-0.39, 0.29) is 17.5 Å². The average molecular weight is 495 g/mol. The fraction of sp³-hybridized carbons (Fsp3) is 0.429. The summed E-state index contributed by atoms with van der Waals surface area (Å²) < 4.78 is 12.3. The van der Waals surface area contributed by atoms with Crippen LogP contribution in [0.3, 0.4) is 0 Å². The molecule has 36 heavy (non-hydrogen) atoms. The molecule has 15 heteroatoms. The Hall–Kier alpha value is -3.92. The number of rotatable bonds is 6. The van der Waals surface area contributed by atoms with Crippen molar-refractivity contribution in [3.63, 3.8) is 0 Å². The van der Waals surface area contributed by atoms with Gasteiger partial charge in [0.15, 0.2) is 35.1 Å². The Morgan fingerprint density at radius 2 is 2.03 bits per heavy atom. The number of carboxylic acid groups (broad SMARTS) is 1. The summed E-state index contributed by atoms with van der Waals surface area (Å²) >= 11 is 0. The zero-order valence-corrected chi connectivity index (χ0v) is 18.6. The van der Waals surface area contributed by atoms with Gasteiger partial charge in [-0.2, -0.15) is 0 Å². The molecule has 0 amide bonds. The molecule has 6 rings (SSSR count). The van der Waals surface area contributed by atoms with Gasteiger partial charge in [0, 0.05) is 19.0 Å². The van der Waals surface area contributed by atoms with Crippen LogP contribution in [0.5, 0.6) is 0 Å². The van der Waals surface area contributed by atoms with Crippen LogP contribution in [0, 0.1) is 0 Å². The Balaban J connectivity index is 1.52. The van der Waals surface area contributed by atoms with Gasteiger partial charge in [-0.25, -0.2) is 19.7 Å². The topological polar surface area (TPSA) is 202 Å². The summed E-state index contributed by atoms with van der Waals surface area (Å²) in [4.78, 5) is 29.4. The van der Waals surface area contributed by atoms with Crippen molar-refractivity contribution in [3.05, 3.63) is 42.2 Å². The number of imidazole rings is 1. The number of aliphatic carboxylic acids is 1. The van der Waals surface area contributed by atoms with Crippen LogP contribution in [0.1, 0.15) is 24.0 Å². The number of ether oxygens (including phenoxy) is 2. The first-order valence-electron chi connectivity index (χ1n) is 11.2. The van der Waals surface area contributed by atoms with E-state index in [0.717, 1.165) is 6.42 Å². The normalized spacial score (nSPS) is 31.4. The van der Waals surface area contributed by atoms with Gasteiger partial charge in [0.1, 0.15) is 12.2 Å². The number of anilines is 1. The van der Waals surface area contributed by atoms with Crippen molar-refractivity contribution in [2.75, 3.05) is 18.5 Å². The van der Waals surface area contributed by atoms with Crippen molar-refractivity contribution in [2.45, 2.75) is 42.5 Å². The van der Waals surface area contributed by atoms with Crippen molar-refractivity contribution in [2.24, 2.45) is 15.4 Å². The molecular weight excluding hydrogens is 474 g/mol. The quantitative estimate of drug-likeness (QED) is 0.353. The van der Waals surface area contributed by atoms with Crippen LogP contribution < -0.4 is 5.32 Å². The van der Waals surface area contributed by atoms with Crippen molar-refractivity contribution < 1.29 is 29.6 Å². The van der Waals surface area contributed by atoms with E-state index in [1.165, 1.54) is 17.1 Å². The Kier molecular flexibility index (Phi) is 5.40. The number of aromatic nitrogens is 5. The number of nitrogens with zero attached hydrogens (tertiary/aromatic N) is 8. The molecule has 4 N–H and O–H groups in total. The molecule has 0 saturated carbocycles. The summed E-state index contributed by atoms with van der Waals surface area (Å²) in [5.41, 5.74) is -0.00621. The van der Waals surface area contributed by atoms with E-state index in [2.05, 4.69) is 30.7 Å². The molecule has 2 fully saturated rings. The standard InChI is InChI=1S/C21H21N9O6/c31-13-14(32)18(36-15(13)19(33)34)30-9-23-12-16(25-11-3-6-35-7-11)26-20(27-17(12)30)21(8-24-29-28-21)10-1-4-22-5-2-10/h1-2,4-5,8-9,11,13-15,18,31-32H,3,6-7H2,(H,33,34)(H,25,26,27)/t11-,13-,14+,15+,18-,21?/m1/s1. The van der Waals surface area contributed by atoms with Gasteiger partial charge in [0.2, 0.25) is 5.54 Å². The molecule has 3 aliphatic heterocycles. The maximum absolute atomic E-state index is 11.5. The first-order valence-corrected chi connectivity index (χ1v) is 11.2. The summed E-state index contributed by atoms with van der Waals surface area (Å²) in [5, 5.41) is 45.6. The van der Waals surface area contributed by atoms with E-state index in [0.29, 0.717) is 30.1 Å². The summed E-state index contributed by atoms with van der Waals surface area (Å²) in [5.74, 6) is -0.806. The highest BCUT2D eigenvalue weighted by molar-refractivity contribution is 5.86. The van der Waals surface area contributed by atoms with E-state index in [1.807, 2.05) is 0 Å². The molecule has 1 unspecified atom stereocenters. The minimum atomic E-state index is -1.64. The number of fused-ring (bicyclic) bond motifs is 1. The van der Waals surface area contributed by atoms with Gasteiger partial charge in [0.25, 0.3) is 0 Å². The number of carboxylic acids is 1. The van der Waals surface area contributed by atoms with Crippen LogP contribution in [-0.4, -0.2) is 89.6 Å². The number of pyridine rings is 1. The van der Waals surface area contributed by atoms with E-state index >= 15 is 0 Å². The predicted octanol–water partition coefficient (Wildman–Crippen LogP) is -0.179. The van der Waals surface area contributed by atoms with Crippen molar-refractivity contribution in [1.29, 1.82) is 0 Å². The van der Waals surface area contributed by atoms with E-state index in [1.54, 1.807) is 24.5 Å². The third kappa shape index (κ3) is 3.51. The highest BCUT2D eigenvalue weighted by atomic mass is 16.6. The molecule has 0 spiro atoms.